The van der Waals surface area contributed by atoms with Crippen molar-refractivity contribution < 1.29 is 107 Å². The average molecular weight is 694 g/mol. The number of carbonyl (C=O) groups is 2. The van der Waals surface area contributed by atoms with Crippen LogP contribution in [0.5, 0.6) is 0 Å². The highest BCUT2D eigenvalue weighted by Gasteiger charge is 2.98. The summed E-state index contributed by atoms with van der Waals surface area (Å²) in [6.07, 6.45) is -12.2. The average Bonchev–Trinajstić information content (AvgIpc) is 2.87. The van der Waals surface area contributed by atoms with Crippen molar-refractivity contribution in [3.8, 4) is 0 Å². The van der Waals surface area contributed by atoms with Crippen molar-refractivity contribution in [2.75, 3.05) is 0 Å². The third-order valence-electron chi connectivity index (χ3n) is 7.03. The van der Waals surface area contributed by atoms with Crippen LogP contribution in [0.1, 0.15) is 12.8 Å². The van der Waals surface area contributed by atoms with Gasteiger partial charge in [0.2, 0.25) is 12.2 Å². The largest absolute Gasteiger partial charge is 0.449 e. The van der Waals surface area contributed by atoms with E-state index in [4.69, 9.17) is 0 Å². The van der Waals surface area contributed by atoms with Crippen LogP contribution in [0.2, 0.25) is 0 Å². The van der Waals surface area contributed by atoms with Gasteiger partial charge in [0, 0.05) is 0 Å². The molecule has 0 aromatic heterocycles. The number of alkyl halides is 20. The SMILES string of the molecule is O=C(OC1C(F)(F)C(F)(F)C(F)(F)C(F)(F)C1(F)F)C1C=CCCC1C(=O)OC1C(F)(F)C(F)(F)C(F)(F)C(F)(F)C1(F)F. The standard InChI is InChI=1S/C20H10F20O4/c21-11(22)9(12(23,24)16(31,32)19(37,38)15(11,29)30)43-7(41)5-3-1-2-4-6(5)8(42)44-10-13(25,26)17(33,34)20(39,40)18(35,36)14(10,27)28/h1,3,5-6,9-10H,2,4H2. The first kappa shape index (κ1) is 35.8. The summed E-state index contributed by atoms with van der Waals surface area (Å²) in [5.74, 6) is -84.6. The Bertz CT molecular complexity index is 1160. The van der Waals surface area contributed by atoms with Crippen molar-refractivity contribution in [2.45, 2.75) is 84.3 Å². The summed E-state index contributed by atoms with van der Waals surface area (Å²) in [5, 5.41) is 0. The van der Waals surface area contributed by atoms with Crippen molar-refractivity contribution >= 4 is 11.9 Å². The number of carbonyl (C=O) groups excluding carboxylic acids is 2. The molecule has 2 unspecified atom stereocenters. The first-order valence-electron chi connectivity index (χ1n) is 11.1. The molecular formula is C20H10F20O4. The second-order valence-electron chi connectivity index (χ2n) is 9.71. The van der Waals surface area contributed by atoms with Gasteiger partial charge in [0.25, 0.3) is 0 Å². The van der Waals surface area contributed by atoms with Crippen molar-refractivity contribution in [3.05, 3.63) is 12.2 Å². The lowest BCUT2D eigenvalue weighted by atomic mass is 9.79. The molecule has 2 fully saturated rings. The molecule has 3 aliphatic rings. The molecule has 0 aliphatic heterocycles. The minimum absolute atomic E-state index is 0.107. The second kappa shape index (κ2) is 9.41. The van der Waals surface area contributed by atoms with Crippen LogP contribution < -0.4 is 0 Å². The molecule has 2 atom stereocenters. The second-order valence-corrected chi connectivity index (χ2v) is 9.71. The van der Waals surface area contributed by atoms with E-state index in [2.05, 4.69) is 9.47 Å². The molecule has 0 radical (unpaired) electrons. The van der Waals surface area contributed by atoms with Crippen LogP contribution in [0, 0.1) is 11.8 Å². The van der Waals surface area contributed by atoms with E-state index in [0.717, 1.165) is 0 Å². The Morgan fingerprint density at radius 3 is 1.09 bits per heavy atom. The quantitative estimate of drug-likeness (QED) is 0.185. The zero-order valence-electron chi connectivity index (χ0n) is 20.1. The summed E-state index contributed by atoms with van der Waals surface area (Å²) < 4.78 is 281. The normalized spacial score (nSPS) is 33.6. The molecule has 3 aliphatic carbocycles. The van der Waals surface area contributed by atoms with E-state index in [9.17, 15) is 97.4 Å². The third-order valence-corrected chi connectivity index (χ3v) is 7.03. The van der Waals surface area contributed by atoms with E-state index in [1.807, 2.05) is 0 Å². The minimum atomic E-state index is -7.51. The molecular weight excluding hydrogens is 684 g/mol. The van der Waals surface area contributed by atoms with Gasteiger partial charge in [-0.15, -0.1) is 0 Å². The molecule has 44 heavy (non-hydrogen) atoms. The molecule has 2 saturated carbocycles. The molecule has 24 heteroatoms. The maximum Gasteiger partial charge on any atom is 0.384 e. The van der Waals surface area contributed by atoms with E-state index in [-0.39, 0.29) is 6.08 Å². The predicted octanol–water partition coefficient (Wildman–Crippen LogP) is 6.77. The van der Waals surface area contributed by atoms with Gasteiger partial charge < -0.3 is 9.47 Å². The Labute approximate surface area is 228 Å². The summed E-state index contributed by atoms with van der Waals surface area (Å²) >= 11 is 0. The van der Waals surface area contributed by atoms with E-state index >= 15 is 0 Å². The number of halogens is 20. The van der Waals surface area contributed by atoms with Crippen LogP contribution >= 0.6 is 0 Å². The molecule has 4 nitrogen and oxygen atoms in total. The van der Waals surface area contributed by atoms with Gasteiger partial charge in [0.1, 0.15) is 0 Å². The number of rotatable bonds is 4. The van der Waals surface area contributed by atoms with Crippen LogP contribution in [0.15, 0.2) is 12.2 Å². The highest BCUT2D eigenvalue weighted by Crippen LogP contribution is 2.67. The van der Waals surface area contributed by atoms with Crippen LogP contribution in [0.4, 0.5) is 87.8 Å². The molecule has 0 saturated heterocycles. The summed E-state index contributed by atoms with van der Waals surface area (Å²) in [6.45, 7) is 0. The van der Waals surface area contributed by atoms with Crippen LogP contribution in [-0.4, -0.2) is 83.4 Å². The molecule has 0 N–H and O–H groups in total. The molecule has 0 aromatic carbocycles. The monoisotopic (exact) mass is 694 g/mol. The molecule has 0 spiro atoms. The van der Waals surface area contributed by atoms with Gasteiger partial charge in [0.15, 0.2) is 0 Å². The summed E-state index contributed by atoms with van der Waals surface area (Å²) in [7, 11) is 0. The van der Waals surface area contributed by atoms with Gasteiger partial charge in [-0.3, -0.25) is 9.59 Å². The van der Waals surface area contributed by atoms with Crippen LogP contribution in [-0.2, 0) is 19.1 Å². The Morgan fingerprint density at radius 2 is 0.773 bits per heavy atom. The van der Waals surface area contributed by atoms with E-state index in [0.29, 0.717) is 6.08 Å². The Hall–Kier alpha value is -2.72. The molecule has 254 valence electrons. The molecule has 0 heterocycles. The van der Waals surface area contributed by atoms with Crippen molar-refractivity contribution in [1.82, 2.24) is 0 Å². The fraction of sp³-hybridized carbons (Fsp3) is 0.800. The van der Waals surface area contributed by atoms with Gasteiger partial charge in [0.05, 0.1) is 11.8 Å². The fourth-order valence-electron chi connectivity index (χ4n) is 4.38. The third kappa shape index (κ3) is 3.98. The first-order valence-corrected chi connectivity index (χ1v) is 11.1. The topological polar surface area (TPSA) is 52.6 Å². The highest BCUT2D eigenvalue weighted by atomic mass is 19.4. The maximum atomic E-state index is 14.1. The Balaban J connectivity index is 1.99. The summed E-state index contributed by atoms with van der Waals surface area (Å²) in [4.78, 5) is 24.7. The van der Waals surface area contributed by atoms with Crippen LogP contribution in [0.3, 0.4) is 0 Å². The first-order chi connectivity index (χ1) is 19.3. The highest BCUT2D eigenvalue weighted by molar-refractivity contribution is 5.84. The lowest BCUT2D eigenvalue weighted by Gasteiger charge is -2.49. The van der Waals surface area contributed by atoms with E-state index in [1.54, 1.807) is 0 Å². The van der Waals surface area contributed by atoms with Gasteiger partial charge in [-0.1, -0.05) is 12.2 Å². The summed E-state index contributed by atoms with van der Waals surface area (Å²) in [6, 6.07) is 0. The Morgan fingerprint density at radius 1 is 0.477 bits per heavy atom. The summed E-state index contributed by atoms with van der Waals surface area (Å²) in [5.41, 5.74) is 0. The zero-order valence-corrected chi connectivity index (χ0v) is 20.1. The molecule has 0 amide bonds. The zero-order chi connectivity index (χ0) is 34.7. The molecule has 0 bridgehead atoms. The van der Waals surface area contributed by atoms with E-state index in [1.165, 1.54) is 0 Å². The number of hydrogen-bond donors (Lipinski definition) is 0. The molecule has 3 rings (SSSR count). The lowest BCUT2D eigenvalue weighted by molar-refractivity contribution is -0.469. The van der Waals surface area contributed by atoms with Crippen molar-refractivity contribution in [1.29, 1.82) is 0 Å². The number of ether oxygens (including phenoxy) is 2. The van der Waals surface area contributed by atoms with Gasteiger partial charge in [-0.25, -0.2) is 0 Å². The Kier molecular flexibility index (Phi) is 7.64. The minimum Gasteiger partial charge on any atom is -0.449 e. The lowest BCUT2D eigenvalue weighted by Crippen LogP contribution is -2.80. The van der Waals surface area contributed by atoms with Crippen molar-refractivity contribution in [3.63, 3.8) is 0 Å². The van der Waals surface area contributed by atoms with E-state index < -0.39 is 108 Å². The smallest absolute Gasteiger partial charge is 0.384 e. The maximum absolute atomic E-state index is 14.1. The van der Waals surface area contributed by atoms with Crippen molar-refractivity contribution in [2.24, 2.45) is 11.8 Å². The predicted molar refractivity (Wildman–Crippen MR) is 94.6 cm³/mol. The van der Waals surface area contributed by atoms with Gasteiger partial charge >= 0.3 is 71.2 Å². The molecule has 0 aromatic rings. The van der Waals surface area contributed by atoms with Gasteiger partial charge in [-0.05, 0) is 12.8 Å². The number of esters is 2. The number of allylic oxidation sites excluding steroid dienone is 1. The van der Waals surface area contributed by atoms with Crippen LogP contribution in [0.25, 0.3) is 0 Å². The number of hydrogen-bond acceptors (Lipinski definition) is 4. The fourth-order valence-corrected chi connectivity index (χ4v) is 4.38. The van der Waals surface area contributed by atoms with Gasteiger partial charge in [-0.2, -0.15) is 87.8 Å².